The van der Waals surface area contributed by atoms with Crippen molar-refractivity contribution in [2.75, 3.05) is 5.32 Å². The second-order valence-electron chi connectivity index (χ2n) is 3.25. The Morgan fingerprint density at radius 2 is 2.16 bits per heavy atom. The summed E-state index contributed by atoms with van der Waals surface area (Å²) in [6.07, 6.45) is 1.43. The number of amides is 1. The average molecular weight is 316 g/mol. The fourth-order valence-electron chi connectivity index (χ4n) is 1.31. The van der Waals surface area contributed by atoms with Crippen molar-refractivity contribution in [3.05, 3.63) is 21.0 Å². The molecule has 3 rings (SSSR count). The van der Waals surface area contributed by atoms with E-state index in [1.54, 1.807) is 0 Å². The lowest BCUT2D eigenvalue weighted by atomic mass is 10.5. The third-order valence-electron chi connectivity index (χ3n) is 2.06. The summed E-state index contributed by atoms with van der Waals surface area (Å²) >= 11 is 12.5. The molecular formula is C8H3Cl2N7OS. The molecule has 11 heteroatoms. The molecule has 0 saturated heterocycles. The van der Waals surface area contributed by atoms with Crippen molar-refractivity contribution in [1.82, 2.24) is 30.1 Å². The fourth-order valence-corrected chi connectivity index (χ4v) is 2.25. The molecular weight excluding hydrogens is 313 g/mol. The standard InChI is InChI=1S/C8H3Cl2N7OS/c9-3-2-4(12-1-11-2)14-8(13-3)15-5(18)6-16-17-7(10)19-6/h1H,(H2,11,12,13,14,15,18). The number of hydrogen-bond acceptors (Lipinski definition) is 7. The Labute approximate surface area is 119 Å². The number of imidazole rings is 1. The molecule has 0 aliphatic carbocycles. The van der Waals surface area contributed by atoms with Crippen molar-refractivity contribution in [3.8, 4) is 0 Å². The van der Waals surface area contributed by atoms with Crippen molar-refractivity contribution < 1.29 is 4.79 Å². The SMILES string of the molecule is O=C(Nc1nc(Cl)c2[nH]cnc2n1)c1nnc(Cl)s1. The monoisotopic (exact) mass is 315 g/mol. The van der Waals surface area contributed by atoms with Crippen LogP contribution in [0.4, 0.5) is 5.95 Å². The summed E-state index contributed by atoms with van der Waals surface area (Å²) in [6, 6.07) is 0. The van der Waals surface area contributed by atoms with Crippen LogP contribution in [0.15, 0.2) is 6.33 Å². The van der Waals surface area contributed by atoms with Crippen molar-refractivity contribution >= 4 is 57.6 Å². The van der Waals surface area contributed by atoms with Crippen LogP contribution in [-0.2, 0) is 0 Å². The highest BCUT2D eigenvalue weighted by Gasteiger charge is 2.15. The van der Waals surface area contributed by atoms with Gasteiger partial charge in [0.05, 0.1) is 6.33 Å². The van der Waals surface area contributed by atoms with Gasteiger partial charge in [-0.25, -0.2) is 4.98 Å². The number of nitrogens with one attached hydrogen (secondary N) is 2. The summed E-state index contributed by atoms with van der Waals surface area (Å²) in [5.41, 5.74) is 0.851. The van der Waals surface area contributed by atoms with E-state index in [1.165, 1.54) is 6.33 Å². The van der Waals surface area contributed by atoms with E-state index in [-0.39, 0.29) is 20.6 Å². The highest BCUT2D eigenvalue weighted by atomic mass is 35.5. The van der Waals surface area contributed by atoms with Gasteiger partial charge in [0.2, 0.25) is 15.4 Å². The van der Waals surface area contributed by atoms with Gasteiger partial charge in [-0.3, -0.25) is 10.1 Å². The molecule has 96 valence electrons. The maximum atomic E-state index is 11.8. The van der Waals surface area contributed by atoms with Crippen LogP contribution >= 0.6 is 34.5 Å². The van der Waals surface area contributed by atoms with Crippen LogP contribution in [-0.4, -0.2) is 36.0 Å². The number of carbonyl (C=O) groups is 1. The number of halogens is 2. The van der Waals surface area contributed by atoms with E-state index in [2.05, 4.69) is 35.5 Å². The number of carbonyl (C=O) groups excluding carboxylic acids is 1. The Morgan fingerprint density at radius 3 is 2.89 bits per heavy atom. The summed E-state index contributed by atoms with van der Waals surface area (Å²) in [5, 5.41) is 9.84. The van der Waals surface area contributed by atoms with E-state index in [9.17, 15) is 4.79 Å². The molecule has 19 heavy (non-hydrogen) atoms. The van der Waals surface area contributed by atoms with E-state index in [0.717, 1.165) is 11.3 Å². The van der Waals surface area contributed by atoms with Crippen LogP contribution in [0.25, 0.3) is 11.2 Å². The Morgan fingerprint density at radius 1 is 1.32 bits per heavy atom. The van der Waals surface area contributed by atoms with Gasteiger partial charge >= 0.3 is 0 Å². The first kappa shape index (κ1) is 12.2. The second kappa shape index (κ2) is 4.68. The highest BCUT2D eigenvalue weighted by Crippen LogP contribution is 2.19. The summed E-state index contributed by atoms with van der Waals surface area (Å²) in [4.78, 5) is 26.5. The molecule has 0 atom stereocenters. The minimum Gasteiger partial charge on any atom is -0.341 e. The van der Waals surface area contributed by atoms with E-state index in [4.69, 9.17) is 23.2 Å². The number of hydrogen-bond donors (Lipinski definition) is 2. The van der Waals surface area contributed by atoms with Gasteiger partial charge in [-0.15, -0.1) is 10.2 Å². The van der Waals surface area contributed by atoms with E-state index in [1.807, 2.05) is 0 Å². The molecule has 0 aromatic carbocycles. The zero-order valence-corrected chi connectivity index (χ0v) is 11.2. The summed E-state index contributed by atoms with van der Waals surface area (Å²) in [5.74, 6) is -0.490. The zero-order valence-electron chi connectivity index (χ0n) is 8.89. The van der Waals surface area contributed by atoms with E-state index < -0.39 is 5.91 Å². The van der Waals surface area contributed by atoms with Crippen molar-refractivity contribution in [2.24, 2.45) is 0 Å². The molecule has 3 aromatic heterocycles. The van der Waals surface area contributed by atoms with Gasteiger partial charge in [0, 0.05) is 0 Å². The third kappa shape index (κ3) is 2.35. The minimum absolute atomic E-state index is 0.0286. The Bertz CT molecular complexity index is 769. The summed E-state index contributed by atoms with van der Waals surface area (Å²) < 4.78 is 0.173. The number of nitrogens with zero attached hydrogens (tertiary/aromatic N) is 5. The van der Waals surface area contributed by atoms with Gasteiger partial charge < -0.3 is 4.98 Å². The molecule has 0 aliphatic heterocycles. The predicted octanol–water partition coefficient (Wildman–Crippen LogP) is 1.76. The number of aromatic nitrogens is 6. The molecule has 3 aromatic rings. The molecule has 3 heterocycles. The first-order chi connectivity index (χ1) is 9.13. The highest BCUT2D eigenvalue weighted by molar-refractivity contribution is 7.17. The normalized spacial score (nSPS) is 10.8. The Hall–Kier alpha value is -1.84. The average Bonchev–Trinajstić information content (AvgIpc) is 2.97. The first-order valence-corrected chi connectivity index (χ1v) is 6.37. The largest absolute Gasteiger partial charge is 0.341 e. The smallest absolute Gasteiger partial charge is 0.289 e. The molecule has 0 fully saturated rings. The maximum Gasteiger partial charge on any atom is 0.289 e. The van der Waals surface area contributed by atoms with Crippen LogP contribution in [0.3, 0.4) is 0 Å². The molecule has 0 unspecified atom stereocenters. The molecule has 2 N–H and O–H groups in total. The van der Waals surface area contributed by atoms with Gasteiger partial charge in [-0.2, -0.15) is 9.97 Å². The quantitative estimate of drug-likeness (QED) is 0.697. The lowest BCUT2D eigenvalue weighted by Crippen LogP contribution is -2.14. The third-order valence-corrected chi connectivity index (χ3v) is 3.35. The number of aromatic amines is 1. The van der Waals surface area contributed by atoms with Gasteiger partial charge in [0.25, 0.3) is 5.91 Å². The van der Waals surface area contributed by atoms with Gasteiger partial charge in [-0.05, 0) is 11.6 Å². The zero-order chi connectivity index (χ0) is 13.4. The number of fused-ring (bicyclic) bond motifs is 1. The molecule has 0 saturated carbocycles. The predicted molar refractivity (Wildman–Crippen MR) is 69.6 cm³/mol. The Balaban J connectivity index is 1.90. The maximum absolute atomic E-state index is 11.8. The van der Waals surface area contributed by atoms with Crippen molar-refractivity contribution in [2.45, 2.75) is 0 Å². The van der Waals surface area contributed by atoms with Gasteiger partial charge in [0.1, 0.15) is 5.52 Å². The Kier molecular flexibility index (Phi) is 3.01. The van der Waals surface area contributed by atoms with Crippen LogP contribution in [0.5, 0.6) is 0 Å². The molecule has 0 aliphatic rings. The van der Waals surface area contributed by atoms with E-state index in [0.29, 0.717) is 11.2 Å². The minimum atomic E-state index is -0.518. The van der Waals surface area contributed by atoms with Crippen molar-refractivity contribution in [3.63, 3.8) is 0 Å². The topological polar surface area (TPSA) is 109 Å². The van der Waals surface area contributed by atoms with Crippen LogP contribution in [0.2, 0.25) is 9.62 Å². The summed E-state index contributed by atoms with van der Waals surface area (Å²) in [6.45, 7) is 0. The molecule has 0 radical (unpaired) electrons. The molecule has 1 amide bonds. The number of rotatable bonds is 2. The van der Waals surface area contributed by atoms with Crippen LogP contribution in [0, 0.1) is 0 Å². The lowest BCUT2D eigenvalue weighted by molar-refractivity contribution is 0.102. The summed E-state index contributed by atoms with van der Waals surface area (Å²) in [7, 11) is 0. The molecule has 8 nitrogen and oxygen atoms in total. The first-order valence-electron chi connectivity index (χ1n) is 4.80. The van der Waals surface area contributed by atoms with Crippen LogP contribution < -0.4 is 5.32 Å². The lowest BCUT2D eigenvalue weighted by Gasteiger charge is -2.01. The molecule has 0 bridgehead atoms. The second-order valence-corrected chi connectivity index (χ2v) is 5.17. The fraction of sp³-hybridized carbons (Fsp3) is 0. The van der Waals surface area contributed by atoms with Gasteiger partial charge in [-0.1, -0.05) is 22.9 Å². The van der Waals surface area contributed by atoms with Crippen molar-refractivity contribution in [1.29, 1.82) is 0 Å². The van der Waals surface area contributed by atoms with Crippen LogP contribution in [0.1, 0.15) is 9.80 Å². The molecule has 0 spiro atoms. The van der Waals surface area contributed by atoms with E-state index >= 15 is 0 Å². The number of H-pyrrole nitrogens is 1. The number of anilines is 1. The van der Waals surface area contributed by atoms with Gasteiger partial charge in [0.15, 0.2) is 10.8 Å².